The van der Waals surface area contributed by atoms with Crippen molar-refractivity contribution in [3.8, 4) is 0 Å². The molecule has 2 aliphatic rings. The van der Waals surface area contributed by atoms with Gasteiger partial charge in [0.25, 0.3) is 5.91 Å². The van der Waals surface area contributed by atoms with Crippen LogP contribution in [0.1, 0.15) is 53.8 Å². The second kappa shape index (κ2) is 7.26. The van der Waals surface area contributed by atoms with Crippen molar-refractivity contribution in [2.75, 3.05) is 19.7 Å². The summed E-state index contributed by atoms with van der Waals surface area (Å²) in [4.78, 5) is 26.5. The molecular weight excluding hydrogens is 322 g/mol. The molecule has 8 heteroatoms. The van der Waals surface area contributed by atoms with Gasteiger partial charge in [-0.25, -0.2) is 4.98 Å². The van der Waals surface area contributed by atoms with E-state index in [1.54, 1.807) is 6.20 Å². The Labute approximate surface area is 145 Å². The monoisotopic (exact) mass is 343 g/mol. The zero-order valence-electron chi connectivity index (χ0n) is 14.0. The van der Waals surface area contributed by atoms with Gasteiger partial charge in [0.1, 0.15) is 5.69 Å². The Balaban J connectivity index is 1.19. The molecule has 1 aliphatic heterocycles. The maximum Gasteiger partial charge on any atom is 0.274 e. The normalized spacial score (nSPS) is 18.5. The molecule has 3 heterocycles. The molecule has 0 bridgehead atoms. The van der Waals surface area contributed by atoms with E-state index in [1.165, 1.54) is 12.4 Å². The van der Waals surface area contributed by atoms with Crippen LogP contribution >= 0.6 is 0 Å². The van der Waals surface area contributed by atoms with Gasteiger partial charge in [0, 0.05) is 37.8 Å². The third kappa shape index (κ3) is 4.01. The predicted molar refractivity (Wildman–Crippen MR) is 86.9 cm³/mol. The number of carbonyl (C=O) groups excluding carboxylic acids is 1. The van der Waals surface area contributed by atoms with E-state index < -0.39 is 0 Å². The second-order valence-corrected chi connectivity index (χ2v) is 6.53. The van der Waals surface area contributed by atoms with Crippen molar-refractivity contribution in [3.05, 3.63) is 36.0 Å². The third-order valence-corrected chi connectivity index (χ3v) is 4.60. The molecule has 1 amide bonds. The van der Waals surface area contributed by atoms with Gasteiger partial charge in [-0.05, 0) is 25.7 Å². The molecule has 25 heavy (non-hydrogen) atoms. The van der Waals surface area contributed by atoms with E-state index in [2.05, 4.69) is 20.1 Å². The highest BCUT2D eigenvalue weighted by Gasteiger charge is 2.29. The summed E-state index contributed by atoms with van der Waals surface area (Å²) in [6.45, 7) is 1.93. The number of carbonyl (C=O) groups is 1. The molecule has 0 N–H and O–H groups in total. The molecule has 8 nitrogen and oxygen atoms in total. The zero-order chi connectivity index (χ0) is 17.1. The first kappa shape index (κ1) is 16.1. The van der Waals surface area contributed by atoms with E-state index >= 15 is 0 Å². The molecular formula is C17H21N5O3. The maximum absolute atomic E-state index is 12.3. The molecule has 0 spiro atoms. The Morgan fingerprint density at radius 3 is 2.80 bits per heavy atom. The van der Waals surface area contributed by atoms with E-state index in [-0.39, 0.29) is 12.0 Å². The van der Waals surface area contributed by atoms with Gasteiger partial charge in [-0.3, -0.25) is 9.78 Å². The standard InChI is InChI=1S/C17H21N5O3/c23-17(14-11-18-6-7-19-14)22-8-3-13(4-9-22)24-10-5-15-20-16(25-21-15)12-1-2-12/h6-7,11-13H,1-5,8-10H2. The van der Waals surface area contributed by atoms with Crippen molar-refractivity contribution in [3.63, 3.8) is 0 Å². The average molecular weight is 343 g/mol. The van der Waals surface area contributed by atoms with Gasteiger partial charge in [0.15, 0.2) is 5.82 Å². The summed E-state index contributed by atoms with van der Waals surface area (Å²) < 4.78 is 11.2. The van der Waals surface area contributed by atoms with Gasteiger partial charge in [-0.15, -0.1) is 0 Å². The fraction of sp³-hybridized carbons (Fsp3) is 0.588. The van der Waals surface area contributed by atoms with Gasteiger partial charge in [-0.2, -0.15) is 4.98 Å². The van der Waals surface area contributed by atoms with Gasteiger partial charge < -0.3 is 14.2 Å². The zero-order valence-corrected chi connectivity index (χ0v) is 14.0. The third-order valence-electron chi connectivity index (χ3n) is 4.60. The second-order valence-electron chi connectivity index (χ2n) is 6.53. The van der Waals surface area contributed by atoms with Crippen molar-refractivity contribution in [2.24, 2.45) is 0 Å². The van der Waals surface area contributed by atoms with Crippen LogP contribution in [0.2, 0.25) is 0 Å². The minimum Gasteiger partial charge on any atom is -0.378 e. The number of hydrogen-bond acceptors (Lipinski definition) is 7. The highest BCUT2D eigenvalue weighted by molar-refractivity contribution is 5.92. The smallest absolute Gasteiger partial charge is 0.274 e. The lowest BCUT2D eigenvalue weighted by atomic mass is 10.1. The number of aromatic nitrogens is 4. The predicted octanol–water partition coefficient (Wildman–Crippen LogP) is 1.60. The van der Waals surface area contributed by atoms with E-state index in [9.17, 15) is 4.79 Å². The Morgan fingerprint density at radius 1 is 1.24 bits per heavy atom. The minimum atomic E-state index is -0.0639. The lowest BCUT2D eigenvalue weighted by molar-refractivity contribution is 0.00930. The number of ether oxygens (including phenoxy) is 1. The Bertz CT molecular complexity index is 708. The van der Waals surface area contributed by atoms with Gasteiger partial charge in [0.2, 0.25) is 5.89 Å². The van der Waals surface area contributed by atoms with E-state index in [1.807, 2.05) is 4.90 Å². The van der Waals surface area contributed by atoms with Crippen LogP contribution in [-0.2, 0) is 11.2 Å². The van der Waals surface area contributed by atoms with E-state index in [0.717, 1.165) is 37.4 Å². The number of rotatable bonds is 6. The van der Waals surface area contributed by atoms with Crippen LogP contribution < -0.4 is 0 Å². The number of piperidine rings is 1. The van der Waals surface area contributed by atoms with Crippen molar-refractivity contribution < 1.29 is 14.1 Å². The molecule has 1 saturated carbocycles. The summed E-state index contributed by atoms with van der Waals surface area (Å²) in [5.41, 5.74) is 0.394. The van der Waals surface area contributed by atoms with E-state index in [0.29, 0.717) is 37.7 Å². The lowest BCUT2D eigenvalue weighted by Crippen LogP contribution is -2.41. The molecule has 0 unspecified atom stereocenters. The first-order valence-corrected chi connectivity index (χ1v) is 8.79. The molecule has 1 aliphatic carbocycles. The minimum absolute atomic E-state index is 0.0639. The molecule has 4 rings (SSSR count). The summed E-state index contributed by atoms with van der Waals surface area (Å²) in [5.74, 6) is 1.91. The van der Waals surface area contributed by atoms with Gasteiger partial charge in [0.05, 0.1) is 18.9 Å². The van der Waals surface area contributed by atoms with Crippen molar-refractivity contribution in [2.45, 2.75) is 44.1 Å². The Kier molecular flexibility index (Phi) is 4.69. The largest absolute Gasteiger partial charge is 0.378 e. The lowest BCUT2D eigenvalue weighted by Gasteiger charge is -2.31. The van der Waals surface area contributed by atoms with Crippen LogP contribution in [0.5, 0.6) is 0 Å². The van der Waals surface area contributed by atoms with Crippen molar-refractivity contribution >= 4 is 5.91 Å². The molecule has 2 fully saturated rings. The van der Waals surface area contributed by atoms with Crippen LogP contribution in [0.25, 0.3) is 0 Å². The van der Waals surface area contributed by atoms with Crippen LogP contribution in [0, 0.1) is 0 Å². The van der Waals surface area contributed by atoms with Crippen molar-refractivity contribution in [1.82, 2.24) is 25.0 Å². The topological polar surface area (TPSA) is 94.2 Å². The molecule has 0 aromatic carbocycles. The number of nitrogens with zero attached hydrogens (tertiary/aromatic N) is 5. The molecule has 1 saturated heterocycles. The summed E-state index contributed by atoms with van der Waals surface area (Å²) in [6, 6.07) is 0. The molecule has 132 valence electrons. The summed E-state index contributed by atoms with van der Waals surface area (Å²) in [6.07, 6.45) is 9.40. The maximum atomic E-state index is 12.3. The van der Waals surface area contributed by atoms with Gasteiger partial charge >= 0.3 is 0 Å². The van der Waals surface area contributed by atoms with Crippen LogP contribution in [0.3, 0.4) is 0 Å². The Hall–Kier alpha value is -2.35. The molecule has 0 radical (unpaired) electrons. The number of likely N-dealkylation sites (tertiary alicyclic amines) is 1. The van der Waals surface area contributed by atoms with E-state index in [4.69, 9.17) is 9.26 Å². The quantitative estimate of drug-likeness (QED) is 0.786. The SMILES string of the molecule is O=C(c1cnccn1)N1CCC(OCCc2noc(C3CC3)n2)CC1. The average Bonchev–Trinajstić information content (AvgIpc) is 3.41. The molecule has 2 aromatic rings. The fourth-order valence-corrected chi connectivity index (χ4v) is 2.98. The highest BCUT2D eigenvalue weighted by atomic mass is 16.5. The fourth-order valence-electron chi connectivity index (χ4n) is 2.98. The highest BCUT2D eigenvalue weighted by Crippen LogP contribution is 2.38. The van der Waals surface area contributed by atoms with Gasteiger partial charge in [-0.1, -0.05) is 5.16 Å². The first-order valence-electron chi connectivity index (χ1n) is 8.79. The van der Waals surface area contributed by atoms with Crippen LogP contribution in [-0.4, -0.2) is 56.7 Å². The molecule has 0 atom stereocenters. The Morgan fingerprint density at radius 2 is 2.08 bits per heavy atom. The number of hydrogen-bond donors (Lipinski definition) is 0. The summed E-state index contributed by atoms with van der Waals surface area (Å²) in [5, 5.41) is 4.00. The summed E-state index contributed by atoms with van der Waals surface area (Å²) >= 11 is 0. The first-order chi connectivity index (χ1) is 12.3. The van der Waals surface area contributed by atoms with Crippen LogP contribution in [0.4, 0.5) is 0 Å². The molecule has 2 aromatic heterocycles. The van der Waals surface area contributed by atoms with Crippen molar-refractivity contribution in [1.29, 1.82) is 0 Å². The van der Waals surface area contributed by atoms with Crippen LogP contribution in [0.15, 0.2) is 23.1 Å². The number of amides is 1. The summed E-state index contributed by atoms with van der Waals surface area (Å²) in [7, 11) is 0.